The number of amides is 2. The van der Waals surface area contributed by atoms with Gasteiger partial charge in [-0.15, -0.1) is 0 Å². The van der Waals surface area contributed by atoms with Gasteiger partial charge in [0.1, 0.15) is 5.82 Å². The fraction of sp³-hybridized carbons (Fsp3) is 0.400. The Hall–Kier alpha value is -3.17. The molecule has 7 nitrogen and oxygen atoms in total. The summed E-state index contributed by atoms with van der Waals surface area (Å²) in [5.74, 6) is -0.296. The minimum absolute atomic E-state index is 0.107. The third-order valence-electron chi connectivity index (χ3n) is 4.91. The highest BCUT2D eigenvalue weighted by atomic mass is 19.4. The molecule has 2 unspecified atom stereocenters. The highest BCUT2D eigenvalue weighted by Gasteiger charge is 2.39. The Labute approximate surface area is 171 Å². The Kier molecular flexibility index (Phi) is 5.69. The average Bonchev–Trinajstić information content (AvgIpc) is 2.90. The van der Waals surface area contributed by atoms with Crippen LogP contribution < -0.4 is 10.1 Å². The van der Waals surface area contributed by atoms with E-state index in [4.69, 9.17) is 4.74 Å². The van der Waals surface area contributed by atoms with Crippen molar-refractivity contribution in [2.45, 2.75) is 46.0 Å². The van der Waals surface area contributed by atoms with Crippen molar-refractivity contribution >= 4 is 17.6 Å². The van der Waals surface area contributed by atoms with Gasteiger partial charge in [0.05, 0.1) is 17.6 Å². The lowest BCUT2D eigenvalue weighted by atomic mass is 10.0. The van der Waals surface area contributed by atoms with E-state index in [1.54, 1.807) is 30.9 Å². The lowest BCUT2D eigenvalue weighted by molar-refractivity contribution is -0.154. The Morgan fingerprint density at radius 2 is 2.07 bits per heavy atom. The Bertz CT molecular complexity index is 994. The number of aryl methyl sites for hydroxylation is 1. The molecule has 3 heterocycles. The van der Waals surface area contributed by atoms with Crippen LogP contribution in [0.15, 0.2) is 24.5 Å². The fourth-order valence-electron chi connectivity index (χ4n) is 3.59. The van der Waals surface area contributed by atoms with Crippen molar-refractivity contribution in [3.05, 3.63) is 46.8 Å². The summed E-state index contributed by atoms with van der Waals surface area (Å²) >= 11 is 0. The van der Waals surface area contributed by atoms with Crippen LogP contribution in [0.2, 0.25) is 0 Å². The summed E-state index contributed by atoms with van der Waals surface area (Å²) in [5.41, 5.74) is 2.15. The number of hydrogen-bond donors (Lipinski definition) is 1. The van der Waals surface area contributed by atoms with Crippen LogP contribution in [0.1, 0.15) is 59.9 Å². The molecule has 0 saturated carbocycles. The van der Waals surface area contributed by atoms with E-state index in [0.717, 1.165) is 0 Å². The SMILES string of the molecule is CC(=O)Nc1nccc2c1C(C)N(C(C)c1cnc(OCC(F)(F)F)c(C)c1)C2=O. The van der Waals surface area contributed by atoms with E-state index in [1.165, 1.54) is 19.3 Å². The first-order chi connectivity index (χ1) is 14.0. The van der Waals surface area contributed by atoms with Crippen LogP contribution in [-0.4, -0.2) is 39.5 Å². The summed E-state index contributed by atoms with van der Waals surface area (Å²) in [6.45, 7) is 5.16. The molecule has 30 heavy (non-hydrogen) atoms. The Balaban J connectivity index is 1.87. The minimum Gasteiger partial charge on any atom is -0.468 e. The van der Waals surface area contributed by atoms with Crippen molar-refractivity contribution in [1.29, 1.82) is 0 Å². The molecule has 2 atom stereocenters. The zero-order chi connectivity index (χ0) is 22.2. The van der Waals surface area contributed by atoms with Crippen LogP contribution in [0.25, 0.3) is 0 Å². The number of ether oxygens (including phenoxy) is 1. The molecule has 1 N–H and O–H groups in total. The summed E-state index contributed by atoms with van der Waals surface area (Å²) in [4.78, 5) is 34.3. The van der Waals surface area contributed by atoms with Gasteiger partial charge in [-0.05, 0) is 38.5 Å². The van der Waals surface area contributed by atoms with Crippen molar-refractivity contribution in [3.8, 4) is 5.88 Å². The smallest absolute Gasteiger partial charge is 0.422 e. The van der Waals surface area contributed by atoms with E-state index >= 15 is 0 Å². The molecule has 1 aliphatic rings. The maximum absolute atomic E-state index is 13.0. The van der Waals surface area contributed by atoms with E-state index in [0.29, 0.717) is 28.1 Å². The molecule has 0 aromatic carbocycles. The summed E-state index contributed by atoms with van der Waals surface area (Å²) < 4.78 is 41.9. The van der Waals surface area contributed by atoms with Gasteiger partial charge in [0, 0.05) is 30.4 Å². The molecule has 2 aromatic rings. The molecule has 0 radical (unpaired) electrons. The number of alkyl halides is 3. The standard InChI is InChI=1S/C20H21F3N4O3/c1-10-7-14(8-25-18(10)30-9-20(21,22)23)11(2)27-12(3)16-15(19(27)29)5-6-24-17(16)26-13(4)28/h5-8,11-12H,9H2,1-4H3,(H,24,26,28). The van der Waals surface area contributed by atoms with E-state index in [1.807, 2.05) is 6.92 Å². The number of halogens is 3. The second-order valence-corrected chi connectivity index (χ2v) is 7.16. The van der Waals surface area contributed by atoms with Crippen molar-refractivity contribution < 1.29 is 27.5 Å². The highest BCUT2D eigenvalue weighted by Crippen LogP contribution is 2.42. The fourth-order valence-corrected chi connectivity index (χ4v) is 3.59. The van der Waals surface area contributed by atoms with Crippen LogP contribution in [0.4, 0.5) is 19.0 Å². The molecule has 0 saturated heterocycles. The number of fused-ring (bicyclic) bond motifs is 1. The van der Waals surface area contributed by atoms with Gasteiger partial charge in [0.2, 0.25) is 11.8 Å². The zero-order valence-electron chi connectivity index (χ0n) is 16.9. The van der Waals surface area contributed by atoms with E-state index in [-0.39, 0.29) is 23.7 Å². The lowest BCUT2D eigenvalue weighted by Gasteiger charge is -2.30. The first-order valence-electron chi connectivity index (χ1n) is 9.25. The van der Waals surface area contributed by atoms with Crippen LogP contribution in [0.5, 0.6) is 5.88 Å². The van der Waals surface area contributed by atoms with Gasteiger partial charge in [-0.2, -0.15) is 13.2 Å². The number of carbonyl (C=O) groups is 2. The molecule has 160 valence electrons. The summed E-state index contributed by atoms with van der Waals surface area (Å²) in [6, 6.07) is 2.45. The molecular formula is C20H21F3N4O3. The first kappa shape index (κ1) is 21.5. The Morgan fingerprint density at radius 3 is 2.67 bits per heavy atom. The van der Waals surface area contributed by atoms with Crippen molar-refractivity contribution in [1.82, 2.24) is 14.9 Å². The van der Waals surface area contributed by atoms with Crippen molar-refractivity contribution in [3.63, 3.8) is 0 Å². The molecule has 0 spiro atoms. The number of aromatic nitrogens is 2. The molecule has 2 amide bonds. The van der Waals surface area contributed by atoms with Gasteiger partial charge in [-0.3, -0.25) is 9.59 Å². The van der Waals surface area contributed by atoms with Gasteiger partial charge in [0.25, 0.3) is 5.91 Å². The number of nitrogens with one attached hydrogen (secondary N) is 1. The molecular weight excluding hydrogens is 401 g/mol. The zero-order valence-corrected chi connectivity index (χ0v) is 16.9. The maximum atomic E-state index is 13.0. The van der Waals surface area contributed by atoms with E-state index in [2.05, 4.69) is 15.3 Å². The van der Waals surface area contributed by atoms with Gasteiger partial charge in [0.15, 0.2) is 6.61 Å². The second-order valence-electron chi connectivity index (χ2n) is 7.16. The number of nitrogens with zero attached hydrogens (tertiary/aromatic N) is 3. The predicted molar refractivity (Wildman–Crippen MR) is 102 cm³/mol. The van der Waals surface area contributed by atoms with Gasteiger partial charge < -0.3 is 15.0 Å². The topological polar surface area (TPSA) is 84.4 Å². The molecule has 2 aromatic heterocycles. The van der Waals surface area contributed by atoms with Crippen LogP contribution in [0.3, 0.4) is 0 Å². The third kappa shape index (κ3) is 4.22. The molecule has 0 bridgehead atoms. The summed E-state index contributed by atoms with van der Waals surface area (Å²) in [7, 11) is 0. The van der Waals surface area contributed by atoms with Gasteiger partial charge >= 0.3 is 6.18 Å². The molecule has 1 aliphatic heterocycles. The molecule has 0 aliphatic carbocycles. The molecule has 0 fully saturated rings. The van der Waals surface area contributed by atoms with Crippen molar-refractivity contribution in [2.24, 2.45) is 0 Å². The van der Waals surface area contributed by atoms with Crippen molar-refractivity contribution in [2.75, 3.05) is 11.9 Å². The number of hydrogen-bond acceptors (Lipinski definition) is 5. The Morgan fingerprint density at radius 1 is 1.37 bits per heavy atom. The largest absolute Gasteiger partial charge is 0.468 e. The first-order valence-corrected chi connectivity index (χ1v) is 9.25. The molecule has 10 heteroatoms. The maximum Gasteiger partial charge on any atom is 0.422 e. The van der Waals surface area contributed by atoms with Gasteiger partial charge in [-0.1, -0.05) is 0 Å². The van der Waals surface area contributed by atoms with Crippen LogP contribution in [-0.2, 0) is 4.79 Å². The summed E-state index contributed by atoms with van der Waals surface area (Å²) in [5, 5.41) is 2.65. The lowest BCUT2D eigenvalue weighted by Crippen LogP contribution is -2.30. The average molecular weight is 422 g/mol. The minimum atomic E-state index is -4.46. The molecule has 3 rings (SSSR count). The normalized spacial score (nSPS) is 17.0. The second kappa shape index (κ2) is 7.92. The summed E-state index contributed by atoms with van der Waals surface area (Å²) in [6.07, 6.45) is -1.59. The van der Waals surface area contributed by atoms with E-state index < -0.39 is 18.8 Å². The number of pyridine rings is 2. The quantitative estimate of drug-likeness (QED) is 0.789. The number of rotatable bonds is 5. The third-order valence-corrected chi connectivity index (χ3v) is 4.91. The number of carbonyl (C=O) groups excluding carboxylic acids is 2. The monoisotopic (exact) mass is 422 g/mol. The van der Waals surface area contributed by atoms with E-state index in [9.17, 15) is 22.8 Å². The van der Waals surface area contributed by atoms with Gasteiger partial charge in [-0.25, -0.2) is 9.97 Å². The van der Waals surface area contributed by atoms with Crippen LogP contribution >= 0.6 is 0 Å². The highest BCUT2D eigenvalue weighted by molar-refractivity contribution is 6.02. The van der Waals surface area contributed by atoms with Crippen LogP contribution in [0, 0.1) is 6.92 Å². The predicted octanol–water partition coefficient (Wildman–Crippen LogP) is 3.96. The number of anilines is 1.